The summed E-state index contributed by atoms with van der Waals surface area (Å²) >= 11 is 0. The molecular weight excluding hydrogens is 171 g/mol. The van der Waals surface area contributed by atoms with Crippen molar-refractivity contribution in [2.24, 2.45) is 0 Å². The lowest BCUT2D eigenvalue weighted by molar-refractivity contribution is 0.559. The summed E-state index contributed by atoms with van der Waals surface area (Å²) in [6.45, 7) is 0. The average molecular weight is 176 g/mol. The maximum atomic E-state index is 11.9. The third-order valence-electron chi connectivity index (χ3n) is 0.733. The van der Waals surface area contributed by atoms with Gasteiger partial charge >= 0.3 is 10.6 Å². The molecule has 11 heavy (non-hydrogen) atoms. The lowest BCUT2D eigenvalue weighted by Crippen LogP contribution is -1.63. The zero-order valence-electron chi connectivity index (χ0n) is 5.40. The fourth-order valence-electron chi connectivity index (χ4n) is 0.415. The highest BCUT2D eigenvalue weighted by Gasteiger charge is 1.77. The summed E-state index contributed by atoms with van der Waals surface area (Å²) in [5, 5.41) is 0. The van der Waals surface area contributed by atoms with E-state index in [2.05, 4.69) is 0 Å². The second-order valence-electron chi connectivity index (χ2n) is 1.50. The average Bonchev–Trinajstić information content (AvgIpc) is 1.87. The molecule has 5 heteroatoms. The van der Waals surface area contributed by atoms with Gasteiger partial charge in [-0.3, -0.25) is 0 Å². The van der Waals surface area contributed by atoms with Crippen molar-refractivity contribution in [3.05, 3.63) is 36.1 Å². The maximum absolute atomic E-state index is 11.9. The highest BCUT2D eigenvalue weighted by molar-refractivity contribution is 7.59. The summed E-state index contributed by atoms with van der Waals surface area (Å²) in [4.78, 5) is 0. The Balaban J connectivity index is 0.000000218. The maximum Gasteiger partial charge on any atom is 0.425 e. The molecular formula is C6H5FO3S. The normalized spacial score (nSPS) is 7.73. The lowest BCUT2D eigenvalue weighted by Gasteiger charge is -1.78. The first-order chi connectivity index (χ1) is 5.13. The second kappa shape index (κ2) is 5.55. The molecule has 0 aromatic heterocycles. The molecule has 0 radical (unpaired) electrons. The molecule has 1 rings (SSSR count). The van der Waals surface area contributed by atoms with E-state index in [0.29, 0.717) is 0 Å². The highest BCUT2D eigenvalue weighted by atomic mass is 32.2. The van der Waals surface area contributed by atoms with Gasteiger partial charge in [0.05, 0.1) is 0 Å². The van der Waals surface area contributed by atoms with Gasteiger partial charge in [0.1, 0.15) is 5.82 Å². The van der Waals surface area contributed by atoms with E-state index in [1.54, 1.807) is 18.2 Å². The van der Waals surface area contributed by atoms with E-state index in [1.165, 1.54) is 12.1 Å². The van der Waals surface area contributed by atoms with E-state index in [1.807, 2.05) is 0 Å². The summed E-state index contributed by atoms with van der Waals surface area (Å²) in [6.07, 6.45) is 0. The molecule has 0 saturated heterocycles. The van der Waals surface area contributed by atoms with Gasteiger partial charge in [-0.2, -0.15) is 0 Å². The SMILES string of the molecule is Fc1ccccc1.O=S(=O)=O. The molecule has 0 unspecified atom stereocenters. The van der Waals surface area contributed by atoms with Gasteiger partial charge < -0.3 is 0 Å². The van der Waals surface area contributed by atoms with Crippen LogP contribution in [0.5, 0.6) is 0 Å². The molecule has 0 spiro atoms. The Hall–Kier alpha value is -1.23. The van der Waals surface area contributed by atoms with Gasteiger partial charge in [-0.05, 0) is 12.1 Å². The van der Waals surface area contributed by atoms with Gasteiger partial charge in [0.15, 0.2) is 0 Å². The largest absolute Gasteiger partial charge is 0.425 e. The Kier molecular flexibility index (Phi) is 4.93. The van der Waals surface area contributed by atoms with Crippen molar-refractivity contribution < 1.29 is 17.0 Å². The van der Waals surface area contributed by atoms with Gasteiger partial charge in [-0.15, -0.1) is 12.6 Å². The number of benzene rings is 1. The van der Waals surface area contributed by atoms with Crippen LogP contribution in [-0.4, -0.2) is 12.6 Å². The van der Waals surface area contributed by atoms with Crippen molar-refractivity contribution in [3.8, 4) is 0 Å². The Morgan fingerprint density at radius 2 is 1.36 bits per heavy atom. The smallest absolute Gasteiger partial charge is 0.207 e. The van der Waals surface area contributed by atoms with Crippen molar-refractivity contribution in [2.45, 2.75) is 0 Å². The molecule has 1 aromatic carbocycles. The summed E-state index contributed by atoms with van der Waals surface area (Å²) in [5.74, 6) is -0.178. The first-order valence-electron chi connectivity index (χ1n) is 2.60. The van der Waals surface area contributed by atoms with Crippen molar-refractivity contribution in [1.82, 2.24) is 0 Å². The van der Waals surface area contributed by atoms with Crippen molar-refractivity contribution in [2.75, 3.05) is 0 Å². The molecule has 0 heterocycles. The van der Waals surface area contributed by atoms with Crippen LogP contribution in [0.3, 0.4) is 0 Å². The molecule has 0 aliphatic rings. The standard InChI is InChI=1S/C6H5F.O3S/c7-6-4-2-1-3-5-6;1-4(2)3/h1-5H;. The van der Waals surface area contributed by atoms with Crippen LogP contribution < -0.4 is 0 Å². The highest BCUT2D eigenvalue weighted by Crippen LogP contribution is 1.91. The Bertz CT molecular complexity index is 284. The molecule has 3 nitrogen and oxygen atoms in total. The molecule has 0 aliphatic heterocycles. The van der Waals surface area contributed by atoms with Crippen molar-refractivity contribution in [3.63, 3.8) is 0 Å². The van der Waals surface area contributed by atoms with Crippen molar-refractivity contribution in [1.29, 1.82) is 0 Å². The van der Waals surface area contributed by atoms with Gasteiger partial charge in [-0.1, -0.05) is 18.2 Å². The van der Waals surface area contributed by atoms with Crippen LogP contribution in [0.2, 0.25) is 0 Å². The van der Waals surface area contributed by atoms with Crippen LogP contribution in [0.15, 0.2) is 30.3 Å². The van der Waals surface area contributed by atoms with Crippen molar-refractivity contribution >= 4 is 10.6 Å². The number of rotatable bonds is 0. The molecule has 1 aromatic rings. The Morgan fingerprint density at radius 3 is 1.55 bits per heavy atom. The van der Waals surface area contributed by atoms with E-state index < -0.39 is 10.6 Å². The summed E-state index contributed by atoms with van der Waals surface area (Å²) < 4.78 is 37.2. The predicted octanol–water partition coefficient (Wildman–Crippen LogP) is 0.822. The molecule has 0 amide bonds. The summed E-state index contributed by atoms with van der Waals surface area (Å²) in [5.41, 5.74) is 0. The van der Waals surface area contributed by atoms with Crippen LogP contribution >= 0.6 is 0 Å². The molecule has 0 fully saturated rings. The first-order valence-corrected chi connectivity index (χ1v) is 3.60. The first kappa shape index (κ1) is 9.77. The Labute approximate surface area is 64.5 Å². The fourth-order valence-corrected chi connectivity index (χ4v) is 0.415. The topological polar surface area (TPSA) is 51.2 Å². The van der Waals surface area contributed by atoms with Crippen LogP contribution in [0.4, 0.5) is 4.39 Å². The lowest BCUT2D eigenvalue weighted by atomic mass is 10.4. The molecule has 0 aliphatic carbocycles. The summed E-state index contributed by atoms with van der Waals surface area (Å²) in [7, 11) is -3.11. The summed E-state index contributed by atoms with van der Waals surface area (Å²) in [6, 6.07) is 7.94. The molecule has 0 N–H and O–H groups in total. The molecule has 60 valence electrons. The minimum absolute atomic E-state index is 0.178. The Morgan fingerprint density at radius 1 is 1.00 bits per heavy atom. The number of hydrogen-bond donors (Lipinski definition) is 0. The quantitative estimate of drug-likeness (QED) is 0.588. The number of hydrogen-bond acceptors (Lipinski definition) is 3. The van der Waals surface area contributed by atoms with Crippen LogP contribution in [0, 0.1) is 5.82 Å². The third-order valence-corrected chi connectivity index (χ3v) is 0.733. The van der Waals surface area contributed by atoms with Gasteiger partial charge in [0.2, 0.25) is 0 Å². The predicted molar refractivity (Wildman–Crippen MR) is 36.1 cm³/mol. The van der Waals surface area contributed by atoms with Crippen LogP contribution in [0.25, 0.3) is 0 Å². The van der Waals surface area contributed by atoms with E-state index >= 15 is 0 Å². The molecule has 0 atom stereocenters. The van der Waals surface area contributed by atoms with Crippen LogP contribution in [0.1, 0.15) is 0 Å². The van der Waals surface area contributed by atoms with E-state index in [0.717, 1.165) is 0 Å². The zero-order valence-corrected chi connectivity index (χ0v) is 6.21. The fraction of sp³-hybridized carbons (Fsp3) is 0. The van der Waals surface area contributed by atoms with E-state index in [-0.39, 0.29) is 5.82 Å². The van der Waals surface area contributed by atoms with Gasteiger partial charge in [0, 0.05) is 0 Å². The van der Waals surface area contributed by atoms with Gasteiger partial charge in [-0.25, -0.2) is 4.39 Å². The second-order valence-corrected chi connectivity index (χ2v) is 1.91. The van der Waals surface area contributed by atoms with E-state index in [9.17, 15) is 4.39 Å². The van der Waals surface area contributed by atoms with Gasteiger partial charge in [0.25, 0.3) is 0 Å². The van der Waals surface area contributed by atoms with Crippen LogP contribution in [-0.2, 0) is 10.6 Å². The molecule has 0 saturated carbocycles. The zero-order chi connectivity index (χ0) is 8.69. The number of halogens is 1. The third kappa shape index (κ3) is 8.77. The minimum atomic E-state index is -3.11. The van der Waals surface area contributed by atoms with E-state index in [4.69, 9.17) is 12.6 Å². The monoisotopic (exact) mass is 176 g/mol. The molecule has 0 bridgehead atoms. The minimum Gasteiger partial charge on any atom is -0.207 e.